The van der Waals surface area contributed by atoms with Crippen molar-refractivity contribution in [1.82, 2.24) is 0 Å². The molecule has 7 heteroatoms. The van der Waals surface area contributed by atoms with Crippen LogP contribution in [0.2, 0.25) is 0 Å². The molecule has 4 aromatic rings. The first kappa shape index (κ1) is 23.8. The number of carbonyl (C=O) groups is 2. The van der Waals surface area contributed by atoms with E-state index in [2.05, 4.69) is 15.9 Å². The van der Waals surface area contributed by atoms with Gasteiger partial charge < -0.3 is 4.74 Å². The zero-order valence-electron chi connectivity index (χ0n) is 18.9. The van der Waals surface area contributed by atoms with Crippen LogP contribution in [0, 0.1) is 0 Å². The number of anilines is 1. The fourth-order valence-electron chi connectivity index (χ4n) is 3.50. The maximum Gasteiger partial charge on any atom is 0.343 e. The van der Waals surface area contributed by atoms with Gasteiger partial charge in [0.15, 0.2) is 5.17 Å². The predicted molar refractivity (Wildman–Crippen MR) is 149 cm³/mol. The molecular formula is C29H19BrN2O3S. The molecule has 0 aromatic heterocycles. The van der Waals surface area contributed by atoms with Crippen molar-refractivity contribution >= 4 is 62.2 Å². The summed E-state index contributed by atoms with van der Waals surface area (Å²) >= 11 is 4.68. The molecule has 0 atom stereocenters. The maximum absolute atomic E-state index is 13.4. The fraction of sp³-hybridized carbons (Fsp3) is 0. The Hall–Kier alpha value is -3.94. The number of halogens is 1. The van der Waals surface area contributed by atoms with Gasteiger partial charge in [0.25, 0.3) is 5.91 Å². The number of ether oxygens (including phenoxy) is 1. The average molecular weight is 555 g/mol. The summed E-state index contributed by atoms with van der Waals surface area (Å²) in [6.45, 7) is 0. The van der Waals surface area contributed by atoms with Crippen LogP contribution in [0.1, 0.15) is 15.9 Å². The zero-order chi connectivity index (χ0) is 24.9. The summed E-state index contributed by atoms with van der Waals surface area (Å²) in [5, 5.41) is 0.587. The summed E-state index contributed by atoms with van der Waals surface area (Å²) < 4.78 is 6.36. The highest BCUT2D eigenvalue weighted by atomic mass is 79.9. The molecule has 1 fully saturated rings. The summed E-state index contributed by atoms with van der Waals surface area (Å²) in [7, 11) is 0. The number of amides is 1. The van der Waals surface area contributed by atoms with Crippen LogP contribution in [0.25, 0.3) is 6.08 Å². The summed E-state index contributed by atoms with van der Waals surface area (Å²) in [5.74, 6) is -0.158. The van der Waals surface area contributed by atoms with Crippen molar-refractivity contribution in [3.05, 3.63) is 130 Å². The van der Waals surface area contributed by atoms with E-state index >= 15 is 0 Å². The quantitative estimate of drug-likeness (QED) is 0.146. The molecule has 0 N–H and O–H groups in total. The van der Waals surface area contributed by atoms with Crippen LogP contribution in [0.4, 0.5) is 11.4 Å². The molecule has 1 heterocycles. The van der Waals surface area contributed by atoms with Gasteiger partial charge in [0.05, 0.1) is 21.8 Å². The number of hydrogen-bond acceptors (Lipinski definition) is 5. The lowest BCUT2D eigenvalue weighted by molar-refractivity contribution is -0.113. The number of amidine groups is 1. The predicted octanol–water partition coefficient (Wildman–Crippen LogP) is 7.48. The minimum atomic E-state index is -0.435. The number of rotatable bonds is 5. The summed E-state index contributed by atoms with van der Waals surface area (Å²) in [4.78, 5) is 32.7. The number of aliphatic imine (C=N–C) groups is 1. The van der Waals surface area contributed by atoms with Gasteiger partial charge in [0.1, 0.15) is 5.75 Å². The Bertz CT molecular complexity index is 1450. The van der Waals surface area contributed by atoms with E-state index in [9.17, 15) is 9.59 Å². The van der Waals surface area contributed by atoms with Crippen molar-refractivity contribution in [2.24, 2.45) is 4.99 Å². The molecule has 1 aliphatic rings. The number of nitrogens with zero attached hydrogens (tertiary/aromatic N) is 2. The van der Waals surface area contributed by atoms with Gasteiger partial charge in [-0.05, 0) is 84.1 Å². The molecule has 1 amide bonds. The second kappa shape index (κ2) is 10.8. The van der Waals surface area contributed by atoms with E-state index in [1.165, 1.54) is 11.8 Å². The Morgan fingerprint density at radius 2 is 1.47 bits per heavy atom. The molecule has 4 aromatic carbocycles. The van der Waals surface area contributed by atoms with Crippen LogP contribution in [-0.4, -0.2) is 17.0 Å². The van der Waals surface area contributed by atoms with Crippen LogP contribution in [-0.2, 0) is 4.79 Å². The van der Waals surface area contributed by atoms with Crippen molar-refractivity contribution in [3.8, 4) is 5.75 Å². The van der Waals surface area contributed by atoms with Crippen molar-refractivity contribution in [2.45, 2.75) is 0 Å². The average Bonchev–Trinajstić information content (AvgIpc) is 3.20. The summed E-state index contributed by atoms with van der Waals surface area (Å²) in [6, 6.07) is 33.0. The lowest BCUT2D eigenvalue weighted by Gasteiger charge is -2.15. The molecule has 0 unspecified atom stereocenters. The van der Waals surface area contributed by atoms with Crippen LogP contribution < -0.4 is 9.64 Å². The van der Waals surface area contributed by atoms with Gasteiger partial charge in [-0.1, -0.05) is 64.5 Å². The third-order valence-corrected chi connectivity index (χ3v) is 6.77. The van der Waals surface area contributed by atoms with E-state index in [-0.39, 0.29) is 5.91 Å². The van der Waals surface area contributed by atoms with Crippen molar-refractivity contribution in [1.29, 1.82) is 0 Å². The molecule has 1 saturated heterocycles. The van der Waals surface area contributed by atoms with E-state index in [0.717, 1.165) is 21.4 Å². The molecule has 176 valence electrons. The van der Waals surface area contributed by atoms with Crippen molar-refractivity contribution < 1.29 is 14.3 Å². The Morgan fingerprint density at radius 3 is 2.14 bits per heavy atom. The monoisotopic (exact) mass is 554 g/mol. The zero-order valence-corrected chi connectivity index (χ0v) is 21.3. The van der Waals surface area contributed by atoms with E-state index in [0.29, 0.717) is 21.4 Å². The van der Waals surface area contributed by atoms with Gasteiger partial charge in [-0.2, -0.15) is 0 Å². The van der Waals surface area contributed by atoms with Gasteiger partial charge in [-0.15, -0.1) is 0 Å². The Balaban J connectivity index is 1.38. The highest BCUT2D eigenvalue weighted by Gasteiger charge is 2.34. The number of benzene rings is 4. The first-order chi connectivity index (χ1) is 17.6. The van der Waals surface area contributed by atoms with E-state index < -0.39 is 5.97 Å². The second-order valence-electron chi connectivity index (χ2n) is 7.78. The van der Waals surface area contributed by atoms with Crippen LogP contribution >= 0.6 is 27.7 Å². The van der Waals surface area contributed by atoms with E-state index in [4.69, 9.17) is 9.73 Å². The Morgan fingerprint density at radius 1 is 0.833 bits per heavy atom. The summed E-state index contributed by atoms with van der Waals surface area (Å²) in [6.07, 6.45) is 1.82. The molecule has 0 radical (unpaired) electrons. The molecule has 0 aliphatic carbocycles. The van der Waals surface area contributed by atoms with E-state index in [1.54, 1.807) is 41.3 Å². The van der Waals surface area contributed by atoms with Crippen LogP contribution in [0.5, 0.6) is 5.75 Å². The molecule has 36 heavy (non-hydrogen) atoms. The van der Waals surface area contributed by atoms with Crippen LogP contribution in [0.15, 0.2) is 124 Å². The maximum atomic E-state index is 13.4. The molecule has 0 saturated carbocycles. The number of para-hydroxylation sites is 2. The van der Waals surface area contributed by atoms with Crippen molar-refractivity contribution in [3.63, 3.8) is 0 Å². The van der Waals surface area contributed by atoms with Gasteiger partial charge in [0, 0.05) is 4.47 Å². The van der Waals surface area contributed by atoms with Crippen molar-refractivity contribution in [2.75, 3.05) is 4.90 Å². The largest absolute Gasteiger partial charge is 0.423 e. The minimum Gasteiger partial charge on any atom is -0.423 e. The highest BCUT2D eigenvalue weighted by molar-refractivity contribution is 9.10. The third-order valence-electron chi connectivity index (χ3n) is 5.27. The third kappa shape index (κ3) is 5.48. The number of carbonyl (C=O) groups excluding carboxylic acids is 2. The second-order valence-corrected chi connectivity index (χ2v) is 9.71. The van der Waals surface area contributed by atoms with Gasteiger partial charge >= 0.3 is 5.97 Å². The Kier molecular flexibility index (Phi) is 7.11. The molecular weight excluding hydrogens is 536 g/mol. The molecule has 1 aliphatic heterocycles. The minimum absolute atomic E-state index is 0.147. The lowest BCUT2D eigenvalue weighted by atomic mass is 10.2. The number of esters is 1. The highest BCUT2D eigenvalue weighted by Crippen LogP contribution is 2.37. The molecule has 5 nitrogen and oxygen atoms in total. The Labute approximate surface area is 221 Å². The molecule has 0 spiro atoms. The normalized spacial score (nSPS) is 15.5. The molecule has 5 rings (SSSR count). The first-order valence-corrected chi connectivity index (χ1v) is 12.7. The number of thioether (sulfide) groups is 1. The summed E-state index contributed by atoms with van der Waals surface area (Å²) in [5.41, 5.74) is 2.79. The van der Waals surface area contributed by atoms with Gasteiger partial charge in [-0.25, -0.2) is 9.79 Å². The first-order valence-electron chi connectivity index (χ1n) is 11.1. The standard InChI is InChI=1S/C29H19BrN2O3S/c30-22-15-13-21(14-16-22)28(34)35-25-17-11-20(12-18-25)19-26-27(33)32(24-9-5-2-6-10-24)29(36-26)31-23-7-3-1-4-8-23/h1-19H/b26-19-,31-29?. The molecule has 0 bridgehead atoms. The lowest BCUT2D eigenvalue weighted by Crippen LogP contribution is -2.28. The fourth-order valence-corrected chi connectivity index (χ4v) is 4.77. The van der Waals surface area contributed by atoms with Gasteiger partial charge in [0.2, 0.25) is 0 Å². The van der Waals surface area contributed by atoms with E-state index in [1.807, 2.05) is 78.9 Å². The van der Waals surface area contributed by atoms with Gasteiger partial charge in [-0.3, -0.25) is 9.69 Å². The smallest absolute Gasteiger partial charge is 0.343 e. The topological polar surface area (TPSA) is 59.0 Å². The number of hydrogen-bond donors (Lipinski definition) is 0. The van der Waals surface area contributed by atoms with Crippen LogP contribution in [0.3, 0.4) is 0 Å². The SMILES string of the molecule is O=C(Oc1ccc(/C=C2\SC(=Nc3ccccc3)N(c3ccccc3)C2=O)cc1)c1ccc(Br)cc1.